The average molecular weight is 239 g/mol. The Balaban J connectivity index is 3.05. The van der Waals surface area contributed by atoms with Crippen LogP contribution in [0.1, 0.15) is 25.0 Å². The molecule has 0 heterocycles. The first-order valence-electron chi connectivity index (χ1n) is 6.07. The van der Waals surface area contributed by atoms with Crippen LogP contribution in [0.25, 0.3) is 6.08 Å². The predicted molar refractivity (Wildman–Crippen MR) is 72.3 cm³/mol. The molecule has 0 fully saturated rings. The fourth-order valence-corrected chi connectivity index (χ4v) is 1.75. The van der Waals surface area contributed by atoms with Crippen LogP contribution in [-0.2, 0) is 6.54 Å². The highest BCUT2D eigenvalue weighted by Gasteiger charge is 2.05. The second-order valence-electron chi connectivity index (χ2n) is 3.94. The maximum Gasteiger partial charge on any atom is 0.130 e. The van der Waals surface area contributed by atoms with Crippen molar-refractivity contribution in [3.05, 3.63) is 41.0 Å². The van der Waals surface area contributed by atoms with E-state index in [4.69, 9.17) is 10.5 Å². The summed E-state index contributed by atoms with van der Waals surface area (Å²) < 4.78 is 0. The molecule has 0 N–H and O–H groups in total. The Morgan fingerprint density at radius 2 is 1.78 bits per heavy atom. The summed E-state index contributed by atoms with van der Waals surface area (Å²) in [6, 6.07) is 11.7. The van der Waals surface area contributed by atoms with E-state index in [9.17, 15) is 0 Å². The van der Waals surface area contributed by atoms with E-state index in [-0.39, 0.29) is 5.57 Å². The molecule has 0 aromatic heterocycles. The predicted octanol–water partition coefficient (Wildman–Crippen LogP) is 2.96. The van der Waals surface area contributed by atoms with Crippen molar-refractivity contribution in [2.45, 2.75) is 20.4 Å². The SMILES string of the molecule is CCN(CC)Cc1ccccc1C=C(C#N)C#N. The molecule has 0 radical (unpaired) electrons. The van der Waals surface area contributed by atoms with Crippen LogP contribution in [0.15, 0.2) is 29.8 Å². The standard InChI is InChI=1S/C15H17N3/c1-3-18(4-2)12-15-8-6-5-7-14(15)9-13(10-16)11-17/h5-9H,3-4,12H2,1-2H3. The molecular weight excluding hydrogens is 222 g/mol. The van der Waals surface area contributed by atoms with Crippen LogP contribution >= 0.6 is 0 Å². The Labute approximate surface area is 109 Å². The second kappa shape index (κ2) is 7.27. The van der Waals surface area contributed by atoms with Crippen molar-refractivity contribution in [1.29, 1.82) is 10.5 Å². The first-order chi connectivity index (χ1) is 8.74. The third kappa shape index (κ3) is 3.73. The maximum absolute atomic E-state index is 8.80. The Morgan fingerprint density at radius 3 is 2.33 bits per heavy atom. The van der Waals surface area contributed by atoms with Crippen LogP contribution in [-0.4, -0.2) is 18.0 Å². The van der Waals surface area contributed by atoms with E-state index in [1.807, 2.05) is 36.4 Å². The fraction of sp³-hybridized carbons (Fsp3) is 0.333. The van der Waals surface area contributed by atoms with Gasteiger partial charge in [-0.2, -0.15) is 10.5 Å². The zero-order valence-electron chi connectivity index (χ0n) is 10.8. The average Bonchev–Trinajstić information content (AvgIpc) is 2.43. The minimum atomic E-state index is 0.141. The summed E-state index contributed by atoms with van der Waals surface area (Å²) in [5, 5.41) is 17.6. The lowest BCUT2D eigenvalue weighted by Crippen LogP contribution is -2.22. The van der Waals surface area contributed by atoms with Gasteiger partial charge in [-0.25, -0.2) is 0 Å². The van der Waals surface area contributed by atoms with Gasteiger partial charge in [0, 0.05) is 6.54 Å². The van der Waals surface area contributed by atoms with Crippen molar-refractivity contribution in [2.75, 3.05) is 13.1 Å². The van der Waals surface area contributed by atoms with Crippen LogP contribution in [0.2, 0.25) is 0 Å². The largest absolute Gasteiger partial charge is 0.300 e. The van der Waals surface area contributed by atoms with Crippen LogP contribution in [0, 0.1) is 22.7 Å². The molecule has 0 spiro atoms. The normalized spacial score (nSPS) is 9.61. The summed E-state index contributed by atoms with van der Waals surface area (Å²) in [4.78, 5) is 2.30. The third-order valence-corrected chi connectivity index (χ3v) is 2.88. The number of nitriles is 2. The Kier molecular flexibility index (Phi) is 5.64. The molecule has 0 unspecified atom stereocenters. The van der Waals surface area contributed by atoms with Gasteiger partial charge < -0.3 is 0 Å². The van der Waals surface area contributed by atoms with Gasteiger partial charge in [0.2, 0.25) is 0 Å². The van der Waals surface area contributed by atoms with Crippen LogP contribution in [0.5, 0.6) is 0 Å². The summed E-state index contributed by atoms with van der Waals surface area (Å²) >= 11 is 0. The molecule has 1 aromatic rings. The quantitative estimate of drug-likeness (QED) is 0.742. The minimum Gasteiger partial charge on any atom is -0.300 e. The summed E-state index contributed by atoms with van der Waals surface area (Å²) in [7, 11) is 0. The minimum absolute atomic E-state index is 0.141. The van der Waals surface area contributed by atoms with E-state index in [0.29, 0.717) is 0 Å². The van der Waals surface area contributed by atoms with Crippen molar-refractivity contribution in [3.63, 3.8) is 0 Å². The molecule has 0 atom stereocenters. The lowest BCUT2D eigenvalue weighted by Gasteiger charge is -2.19. The molecule has 0 saturated heterocycles. The molecule has 0 bridgehead atoms. The zero-order valence-corrected chi connectivity index (χ0v) is 10.8. The van der Waals surface area contributed by atoms with Gasteiger partial charge in [0.25, 0.3) is 0 Å². The van der Waals surface area contributed by atoms with Crippen molar-refractivity contribution >= 4 is 6.08 Å². The number of hydrogen-bond donors (Lipinski definition) is 0. The maximum atomic E-state index is 8.80. The van der Waals surface area contributed by atoms with Gasteiger partial charge in [-0.15, -0.1) is 0 Å². The lowest BCUT2D eigenvalue weighted by atomic mass is 10.0. The number of nitrogens with zero attached hydrogens (tertiary/aromatic N) is 3. The highest BCUT2D eigenvalue weighted by molar-refractivity contribution is 5.64. The number of rotatable bonds is 5. The highest BCUT2D eigenvalue weighted by atomic mass is 15.1. The molecule has 3 nitrogen and oxygen atoms in total. The van der Waals surface area contributed by atoms with E-state index >= 15 is 0 Å². The van der Waals surface area contributed by atoms with E-state index < -0.39 is 0 Å². The topological polar surface area (TPSA) is 50.8 Å². The van der Waals surface area contributed by atoms with Gasteiger partial charge in [0.15, 0.2) is 0 Å². The monoisotopic (exact) mass is 239 g/mol. The lowest BCUT2D eigenvalue weighted by molar-refractivity contribution is 0.295. The number of benzene rings is 1. The molecule has 18 heavy (non-hydrogen) atoms. The van der Waals surface area contributed by atoms with E-state index in [1.54, 1.807) is 6.08 Å². The van der Waals surface area contributed by atoms with Crippen LogP contribution in [0.3, 0.4) is 0 Å². The van der Waals surface area contributed by atoms with Crippen LogP contribution < -0.4 is 0 Å². The van der Waals surface area contributed by atoms with Gasteiger partial charge in [-0.1, -0.05) is 38.1 Å². The smallest absolute Gasteiger partial charge is 0.130 e. The molecule has 0 amide bonds. The van der Waals surface area contributed by atoms with Gasteiger partial charge in [0.05, 0.1) is 0 Å². The molecule has 92 valence electrons. The van der Waals surface area contributed by atoms with Crippen molar-refractivity contribution < 1.29 is 0 Å². The molecule has 3 heteroatoms. The van der Waals surface area contributed by atoms with Crippen molar-refractivity contribution in [3.8, 4) is 12.1 Å². The van der Waals surface area contributed by atoms with E-state index in [0.717, 1.165) is 30.8 Å². The molecule has 0 aliphatic carbocycles. The summed E-state index contributed by atoms with van der Waals surface area (Å²) in [6.45, 7) is 7.05. The van der Waals surface area contributed by atoms with E-state index in [2.05, 4.69) is 18.7 Å². The number of hydrogen-bond acceptors (Lipinski definition) is 3. The summed E-state index contributed by atoms with van der Waals surface area (Å²) in [6.07, 6.45) is 1.65. The highest BCUT2D eigenvalue weighted by Crippen LogP contribution is 2.15. The summed E-state index contributed by atoms with van der Waals surface area (Å²) in [5.74, 6) is 0. The van der Waals surface area contributed by atoms with Gasteiger partial charge >= 0.3 is 0 Å². The molecule has 1 aromatic carbocycles. The fourth-order valence-electron chi connectivity index (χ4n) is 1.75. The Morgan fingerprint density at radius 1 is 1.17 bits per heavy atom. The first kappa shape index (κ1) is 14.0. The van der Waals surface area contributed by atoms with Crippen LogP contribution in [0.4, 0.5) is 0 Å². The summed E-state index contributed by atoms with van der Waals surface area (Å²) in [5.41, 5.74) is 2.23. The molecule has 0 aliphatic heterocycles. The second-order valence-corrected chi connectivity index (χ2v) is 3.94. The van der Waals surface area contributed by atoms with Gasteiger partial charge in [-0.05, 0) is 30.3 Å². The van der Waals surface area contributed by atoms with Crippen molar-refractivity contribution in [2.24, 2.45) is 0 Å². The Bertz CT molecular complexity index is 483. The molecular formula is C15H17N3. The number of allylic oxidation sites excluding steroid dienone is 1. The molecule has 0 aliphatic rings. The first-order valence-corrected chi connectivity index (χ1v) is 6.07. The Hall–Kier alpha value is -2.10. The van der Waals surface area contributed by atoms with Gasteiger partial charge in [-0.3, -0.25) is 4.90 Å². The molecule has 1 rings (SSSR count). The van der Waals surface area contributed by atoms with E-state index in [1.165, 1.54) is 0 Å². The van der Waals surface area contributed by atoms with Crippen molar-refractivity contribution in [1.82, 2.24) is 4.90 Å². The van der Waals surface area contributed by atoms with Gasteiger partial charge in [0.1, 0.15) is 17.7 Å². The third-order valence-electron chi connectivity index (χ3n) is 2.88. The zero-order chi connectivity index (χ0) is 13.4. The molecule has 0 saturated carbocycles.